The third kappa shape index (κ3) is 3.77. The number of amides is 1. The van der Waals surface area contributed by atoms with Crippen LogP contribution in [0.4, 0.5) is 5.69 Å². The van der Waals surface area contributed by atoms with Crippen molar-refractivity contribution < 1.29 is 19.4 Å². The zero-order valence-corrected chi connectivity index (χ0v) is 10.3. The summed E-state index contributed by atoms with van der Waals surface area (Å²) in [7, 11) is 0. The van der Waals surface area contributed by atoms with Gasteiger partial charge in [0.05, 0.1) is 5.56 Å². The van der Waals surface area contributed by atoms with Crippen molar-refractivity contribution in [2.24, 2.45) is 0 Å². The molecule has 1 heterocycles. The number of aromatic nitrogens is 2. The van der Waals surface area contributed by atoms with Gasteiger partial charge in [-0.15, -0.1) is 0 Å². The average molecular weight is 273 g/mol. The molecule has 7 nitrogen and oxygen atoms in total. The molecule has 2 N–H and O–H groups in total. The van der Waals surface area contributed by atoms with Crippen LogP contribution in [0.2, 0.25) is 0 Å². The van der Waals surface area contributed by atoms with Crippen LogP contribution >= 0.6 is 0 Å². The number of ether oxygens (including phenoxy) is 1. The van der Waals surface area contributed by atoms with Crippen molar-refractivity contribution in [3.63, 3.8) is 0 Å². The van der Waals surface area contributed by atoms with Gasteiger partial charge >= 0.3 is 12.0 Å². The van der Waals surface area contributed by atoms with E-state index in [0.717, 1.165) is 12.4 Å². The fraction of sp³-hybridized carbons (Fsp3) is 0.0769. The van der Waals surface area contributed by atoms with Gasteiger partial charge in [0, 0.05) is 18.1 Å². The van der Waals surface area contributed by atoms with Crippen LogP contribution in [0.25, 0.3) is 0 Å². The number of para-hydroxylation sites is 1. The molecule has 1 aromatic carbocycles. The van der Waals surface area contributed by atoms with E-state index in [-0.39, 0.29) is 24.1 Å². The molecule has 1 amide bonds. The quantitative estimate of drug-likeness (QED) is 0.848. The third-order valence-electron chi connectivity index (χ3n) is 2.27. The van der Waals surface area contributed by atoms with Crippen LogP contribution in [0.1, 0.15) is 10.4 Å². The molecule has 0 unspecified atom stereocenters. The van der Waals surface area contributed by atoms with Crippen LogP contribution in [0.15, 0.2) is 42.7 Å². The topological polar surface area (TPSA) is 101 Å². The maximum Gasteiger partial charge on any atom is 0.338 e. The molecule has 2 rings (SSSR count). The molecule has 0 aliphatic carbocycles. The summed E-state index contributed by atoms with van der Waals surface area (Å²) in [6, 6.07) is 8.86. The molecule has 0 fully saturated rings. The smallest absolute Gasteiger partial charge is 0.338 e. The highest BCUT2D eigenvalue weighted by Gasteiger charge is 2.07. The maximum atomic E-state index is 11.6. The molecule has 0 atom stereocenters. The van der Waals surface area contributed by atoms with Crippen molar-refractivity contribution in [1.29, 1.82) is 0 Å². The largest absolute Gasteiger partial charge is 0.478 e. The van der Waals surface area contributed by atoms with E-state index in [1.165, 1.54) is 0 Å². The Morgan fingerprint density at radius 1 is 1.15 bits per heavy atom. The molecule has 0 aliphatic rings. The van der Waals surface area contributed by atoms with Gasteiger partial charge in [-0.2, -0.15) is 0 Å². The van der Waals surface area contributed by atoms with Crippen molar-refractivity contribution in [1.82, 2.24) is 9.97 Å². The third-order valence-corrected chi connectivity index (χ3v) is 2.27. The van der Waals surface area contributed by atoms with Gasteiger partial charge in [-0.1, -0.05) is 18.2 Å². The van der Waals surface area contributed by atoms with E-state index in [2.05, 4.69) is 15.3 Å². The highest BCUT2D eigenvalue weighted by atomic mass is 16.5. The number of hydrogen-bond donors (Lipinski definition) is 2. The average Bonchev–Trinajstić information content (AvgIpc) is 2.46. The molecule has 0 bridgehead atoms. The Labute approximate surface area is 114 Å². The summed E-state index contributed by atoms with van der Waals surface area (Å²) in [4.78, 5) is 29.5. The molecule has 0 radical (unpaired) electrons. The Hall–Kier alpha value is -2.96. The first-order valence-corrected chi connectivity index (χ1v) is 5.68. The molecular formula is C13H11N3O4. The van der Waals surface area contributed by atoms with E-state index in [4.69, 9.17) is 9.84 Å². The van der Waals surface area contributed by atoms with Crippen LogP contribution in [0, 0.1) is 0 Å². The van der Waals surface area contributed by atoms with Crippen LogP contribution in [-0.2, 0) is 4.79 Å². The van der Waals surface area contributed by atoms with Crippen LogP contribution in [0.5, 0.6) is 6.01 Å². The number of anilines is 1. The Kier molecular flexibility index (Phi) is 4.23. The predicted molar refractivity (Wildman–Crippen MR) is 69.6 cm³/mol. The van der Waals surface area contributed by atoms with Crippen LogP contribution < -0.4 is 10.1 Å². The molecule has 0 saturated heterocycles. The van der Waals surface area contributed by atoms with E-state index in [9.17, 15) is 9.59 Å². The summed E-state index contributed by atoms with van der Waals surface area (Å²) in [6.07, 6.45) is 2.22. The van der Waals surface area contributed by atoms with Gasteiger partial charge in [-0.05, 0) is 12.1 Å². The first-order chi connectivity index (χ1) is 9.65. The van der Waals surface area contributed by atoms with Gasteiger partial charge in [0.2, 0.25) is 0 Å². The Morgan fingerprint density at radius 3 is 2.40 bits per heavy atom. The van der Waals surface area contributed by atoms with Gasteiger partial charge in [0.15, 0.2) is 6.61 Å². The van der Waals surface area contributed by atoms with Crippen molar-refractivity contribution in [2.75, 3.05) is 11.9 Å². The van der Waals surface area contributed by atoms with Gasteiger partial charge in [0.1, 0.15) is 0 Å². The lowest BCUT2D eigenvalue weighted by Gasteiger charge is -2.05. The number of aromatic carboxylic acids is 1. The minimum Gasteiger partial charge on any atom is -0.478 e. The van der Waals surface area contributed by atoms with Crippen molar-refractivity contribution in [2.45, 2.75) is 0 Å². The van der Waals surface area contributed by atoms with E-state index < -0.39 is 5.97 Å². The molecule has 102 valence electrons. The molecule has 1 aromatic heterocycles. The molecule has 0 spiro atoms. The maximum absolute atomic E-state index is 11.6. The highest BCUT2D eigenvalue weighted by Crippen LogP contribution is 2.06. The molecule has 20 heavy (non-hydrogen) atoms. The van der Waals surface area contributed by atoms with E-state index in [0.29, 0.717) is 5.69 Å². The molecule has 2 aromatic rings. The lowest BCUT2D eigenvalue weighted by molar-refractivity contribution is -0.118. The normalized spacial score (nSPS) is 9.80. The SMILES string of the molecule is O=C(COc1ncc(C(=O)O)cn1)Nc1ccccc1. The zero-order chi connectivity index (χ0) is 14.4. The standard InChI is InChI=1S/C13H11N3O4/c17-11(16-10-4-2-1-3-5-10)8-20-13-14-6-9(7-15-13)12(18)19/h1-7H,8H2,(H,16,17)(H,18,19). The number of carbonyl (C=O) groups excluding carboxylic acids is 1. The second-order valence-electron chi connectivity index (χ2n) is 3.76. The Bertz CT molecular complexity index is 599. The Morgan fingerprint density at radius 2 is 1.80 bits per heavy atom. The minimum absolute atomic E-state index is 0.0499. The first kappa shape index (κ1) is 13.5. The second kappa shape index (κ2) is 6.28. The highest BCUT2D eigenvalue weighted by molar-refractivity contribution is 5.91. The molecule has 0 saturated carbocycles. The van der Waals surface area contributed by atoms with Crippen LogP contribution in [-0.4, -0.2) is 33.6 Å². The summed E-state index contributed by atoms with van der Waals surface area (Å²) < 4.78 is 5.05. The van der Waals surface area contributed by atoms with E-state index >= 15 is 0 Å². The lowest BCUT2D eigenvalue weighted by atomic mass is 10.3. The molecule has 0 aliphatic heterocycles. The minimum atomic E-state index is -1.13. The van der Waals surface area contributed by atoms with Gasteiger partial charge < -0.3 is 15.2 Å². The zero-order valence-electron chi connectivity index (χ0n) is 10.3. The number of benzene rings is 1. The van der Waals surface area contributed by atoms with E-state index in [1.807, 2.05) is 6.07 Å². The van der Waals surface area contributed by atoms with Crippen molar-refractivity contribution in [3.05, 3.63) is 48.3 Å². The first-order valence-electron chi connectivity index (χ1n) is 5.68. The second-order valence-corrected chi connectivity index (χ2v) is 3.76. The fourth-order valence-corrected chi connectivity index (χ4v) is 1.35. The lowest BCUT2D eigenvalue weighted by Crippen LogP contribution is -2.20. The van der Waals surface area contributed by atoms with Crippen molar-refractivity contribution in [3.8, 4) is 6.01 Å². The number of hydrogen-bond acceptors (Lipinski definition) is 5. The summed E-state index contributed by atoms with van der Waals surface area (Å²) in [5, 5.41) is 11.3. The summed E-state index contributed by atoms with van der Waals surface area (Å²) in [5.74, 6) is -1.49. The molecular weight excluding hydrogens is 262 g/mol. The predicted octanol–water partition coefficient (Wildman–Crippen LogP) is 1.19. The van der Waals surface area contributed by atoms with Gasteiger partial charge in [-0.25, -0.2) is 14.8 Å². The van der Waals surface area contributed by atoms with E-state index in [1.54, 1.807) is 24.3 Å². The number of carboxylic acid groups (broad SMARTS) is 1. The summed E-state index contributed by atoms with van der Waals surface area (Å²) in [6.45, 7) is -0.263. The van der Waals surface area contributed by atoms with Crippen molar-refractivity contribution >= 4 is 17.6 Å². The number of rotatable bonds is 5. The number of carbonyl (C=O) groups is 2. The van der Waals surface area contributed by atoms with Gasteiger partial charge in [-0.3, -0.25) is 4.79 Å². The summed E-state index contributed by atoms with van der Waals surface area (Å²) >= 11 is 0. The number of carboxylic acids is 1. The fourth-order valence-electron chi connectivity index (χ4n) is 1.35. The number of nitrogens with one attached hydrogen (secondary N) is 1. The van der Waals surface area contributed by atoms with Gasteiger partial charge in [0.25, 0.3) is 5.91 Å². The Balaban J connectivity index is 1.85. The number of nitrogens with zero attached hydrogens (tertiary/aromatic N) is 2. The van der Waals surface area contributed by atoms with Crippen LogP contribution in [0.3, 0.4) is 0 Å². The summed E-state index contributed by atoms with van der Waals surface area (Å²) in [5.41, 5.74) is 0.606. The monoisotopic (exact) mass is 273 g/mol. The molecule has 7 heteroatoms.